The van der Waals surface area contributed by atoms with Crippen molar-refractivity contribution in [1.29, 1.82) is 0 Å². The number of amidine groups is 1. The lowest BCUT2D eigenvalue weighted by Crippen LogP contribution is -2.19. The van der Waals surface area contributed by atoms with E-state index >= 15 is 0 Å². The molecule has 0 bridgehead atoms. The summed E-state index contributed by atoms with van der Waals surface area (Å²) < 4.78 is 5.79. The molecule has 4 rings (SSSR count). The molecule has 1 fully saturated rings. The Kier molecular flexibility index (Phi) is 6.88. The maximum absolute atomic E-state index is 12.3. The van der Waals surface area contributed by atoms with Crippen LogP contribution in [-0.4, -0.2) is 11.1 Å². The Morgan fingerprint density at radius 3 is 2.39 bits per heavy atom. The number of carbonyl (C=O) groups is 1. The van der Waals surface area contributed by atoms with Crippen LogP contribution < -0.4 is 10.1 Å². The first-order valence-electron chi connectivity index (χ1n) is 9.18. The van der Waals surface area contributed by atoms with Crippen LogP contribution in [0.15, 0.2) is 76.6 Å². The summed E-state index contributed by atoms with van der Waals surface area (Å²) in [6.45, 7) is 0.449. The zero-order valence-corrected chi connectivity index (χ0v) is 19.0. The summed E-state index contributed by atoms with van der Waals surface area (Å²) in [7, 11) is 0. The van der Waals surface area contributed by atoms with Gasteiger partial charge in [-0.05, 0) is 71.4 Å². The van der Waals surface area contributed by atoms with Gasteiger partial charge in [-0.25, -0.2) is 4.99 Å². The number of ether oxygens (including phenoxy) is 1. The fourth-order valence-electron chi connectivity index (χ4n) is 2.71. The number of carbonyl (C=O) groups excluding carboxylic acids is 1. The molecule has 0 atom stereocenters. The minimum absolute atomic E-state index is 0.202. The summed E-state index contributed by atoms with van der Waals surface area (Å²) in [5.74, 6) is 0.536. The predicted octanol–water partition coefficient (Wildman–Crippen LogP) is 7.12. The number of amides is 1. The van der Waals surface area contributed by atoms with Gasteiger partial charge in [-0.15, -0.1) is 0 Å². The Balaban J connectivity index is 1.41. The summed E-state index contributed by atoms with van der Waals surface area (Å²) in [5.41, 5.74) is 2.52. The van der Waals surface area contributed by atoms with E-state index in [2.05, 4.69) is 10.3 Å². The molecule has 31 heavy (non-hydrogen) atoms. The Morgan fingerprint density at radius 2 is 1.68 bits per heavy atom. The van der Waals surface area contributed by atoms with Crippen molar-refractivity contribution in [3.8, 4) is 5.75 Å². The van der Waals surface area contributed by atoms with Crippen LogP contribution in [0.2, 0.25) is 15.1 Å². The second-order valence-corrected chi connectivity index (χ2v) is 8.85. The third-order valence-corrected chi connectivity index (χ3v) is 6.18. The van der Waals surface area contributed by atoms with E-state index in [9.17, 15) is 4.79 Å². The molecule has 0 aromatic heterocycles. The van der Waals surface area contributed by atoms with Crippen LogP contribution in [0.3, 0.4) is 0 Å². The second-order valence-electron chi connectivity index (χ2n) is 6.56. The van der Waals surface area contributed by atoms with Gasteiger partial charge in [0.15, 0.2) is 5.17 Å². The van der Waals surface area contributed by atoms with Crippen molar-refractivity contribution >= 4 is 69.4 Å². The minimum atomic E-state index is -0.202. The van der Waals surface area contributed by atoms with Crippen LogP contribution in [0.4, 0.5) is 5.69 Å². The molecule has 3 aromatic rings. The van der Waals surface area contributed by atoms with Crippen LogP contribution in [0.1, 0.15) is 11.1 Å². The molecule has 1 N–H and O–H groups in total. The Bertz CT molecular complexity index is 1180. The smallest absolute Gasteiger partial charge is 0.264 e. The number of hydrogen-bond acceptors (Lipinski definition) is 4. The molecule has 1 aliphatic heterocycles. The van der Waals surface area contributed by atoms with Gasteiger partial charge in [0.25, 0.3) is 5.91 Å². The number of hydrogen-bond donors (Lipinski definition) is 1. The molecule has 4 nitrogen and oxygen atoms in total. The lowest BCUT2D eigenvalue weighted by atomic mass is 10.2. The summed E-state index contributed by atoms with van der Waals surface area (Å²) in [5, 5.41) is 4.80. The second kappa shape index (κ2) is 9.79. The zero-order valence-electron chi connectivity index (χ0n) is 15.9. The van der Waals surface area contributed by atoms with E-state index in [1.807, 2.05) is 48.5 Å². The third kappa shape index (κ3) is 5.83. The maximum atomic E-state index is 12.3. The topological polar surface area (TPSA) is 50.7 Å². The van der Waals surface area contributed by atoms with Crippen LogP contribution >= 0.6 is 46.6 Å². The van der Waals surface area contributed by atoms with Crippen molar-refractivity contribution in [3.05, 3.63) is 97.8 Å². The van der Waals surface area contributed by atoms with E-state index in [1.165, 1.54) is 11.8 Å². The number of halogens is 3. The number of benzene rings is 3. The molecule has 8 heteroatoms. The van der Waals surface area contributed by atoms with Crippen molar-refractivity contribution in [2.75, 3.05) is 0 Å². The van der Waals surface area contributed by atoms with E-state index < -0.39 is 0 Å². The van der Waals surface area contributed by atoms with Gasteiger partial charge in [0, 0.05) is 5.02 Å². The predicted molar refractivity (Wildman–Crippen MR) is 129 cm³/mol. The standard InChI is InChI=1S/C23H15Cl3N2O2S/c24-16-5-1-15(2-6-16)13-30-18-8-3-14(4-9-18)11-21-22(29)28-23(31-21)27-17-7-10-19(25)20(26)12-17/h1-12H,13H2,(H,27,28,29). The summed E-state index contributed by atoms with van der Waals surface area (Å²) in [6, 6.07) is 20.1. The number of rotatable bonds is 5. The van der Waals surface area contributed by atoms with Crippen LogP contribution in [-0.2, 0) is 11.4 Å². The highest BCUT2D eigenvalue weighted by Crippen LogP contribution is 2.31. The van der Waals surface area contributed by atoms with Crippen LogP contribution in [0.5, 0.6) is 5.75 Å². The molecule has 1 saturated heterocycles. The number of nitrogens with zero attached hydrogens (tertiary/aromatic N) is 1. The minimum Gasteiger partial charge on any atom is -0.489 e. The first-order chi connectivity index (χ1) is 15.0. The van der Waals surface area contributed by atoms with Crippen molar-refractivity contribution in [2.24, 2.45) is 4.99 Å². The van der Waals surface area contributed by atoms with Crippen molar-refractivity contribution in [3.63, 3.8) is 0 Å². The lowest BCUT2D eigenvalue weighted by Gasteiger charge is -2.06. The molecule has 0 radical (unpaired) electrons. The molecule has 0 spiro atoms. The van der Waals surface area contributed by atoms with Crippen molar-refractivity contribution in [2.45, 2.75) is 6.61 Å². The largest absolute Gasteiger partial charge is 0.489 e. The first kappa shape index (κ1) is 21.8. The zero-order chi connectivity index (χ0) is 21.8. The summed E-state index contributed by atoms with van der Waals surface area (Å²) >= 11 is 19.1. The lowest BCUT2D eigenvalue weighted by molar-refractivity contribution is -0.115. The highest BCUT2D eigenvalue weighted by Gasteiger charge is 2.23. The van der Waals surface area contributed by atoms with Gasteiger partial charge in [-0.1, -0.05) is 59.1 Å². The van der Waals surface area contributed by atoms with Gasteiger partial charge in [0.1, 0.15) is 12.4 Å². The molecule has 0 unspecified atom stereocenters. The van der Waals surface area contributed by atoms with Crippen LogP contribution in [0, 0.1) is 0 Å². The van der Waals surface area contributed by atoms with E-state index in [4.69, 9.17) is 39.5 Å². The fourth-order valence-corrected chi connectivity index (χ4v) is 3.97. The molecule has 0 aliphatic carbocycles. The normalized spacial score (nSPS) is 16.0. The van der Waals surface area contributed by atoms with Gasteiger partial charge in [0.2, 0.25) is 0 Å². The molecule has 1 heterocycles. The van der Waals surface area contributed by atoms with E-state index in [1.54, 1.807) is 24.3 Å². The molecule has 0 saturated carbocycles. The van der Waals surface area contributed by atoms with E-state index in [0.29, 0.717) is 37.4 Å². The highest BCUT2D eigenvalue weighted by molar-refractivity contribution is 8.18. The average molecular weight is 490 g/mol. The molecule has 1 aliphatic rings. The number of nitrogens with one attached hydrogen (secondary N) is 1. The molecule has 156 valence electrons. The van der Waals surface area contributed by atoms with Gasteiger partial charge >= 0.3 is 0 Å². The third-order valence-electron chi connectivity index (χ3n) is 4.28. The van der Waals surface area contributed by atoms with Gasteiger partial charge < -0.3 is 10.1 Å². The fraction of sp³-hybridized carbons (Fsp3) is 0.0435. The Hall–Kier alpha value is -2.44. The Morgan fingerprint density at radius 1 is 0.935 bits per heavy atom. The molecular weight excluding hydrogens is 475 g/mol. The quantitative estimate of drug-likeness (QED) is 0.388. The van der Waals surface area contributed by atoms with Crippen molar-refractivity contribution < 1.29 is 9.53 Å². The van der Waals surface area contributed by atoms with E-state index in [-0.39, 0.29) is 5.91 Å². The van der Waals surface area contributed by atoms with Gasteiger partial charge in [0.05, 0.1) is 20.6 Å². The van der Waals surface area contributed by atoms with Crippen LogP contribution in [0.25, 0.3) is 6.08 Å². The number of aliphatic imine (C=N–C) groups is 1. The average Bonchev–Trinajstić information content (AvgIpc) is 3.10. The number of thioether (sulfide) groups is 1. The monoisotopic (exact) mass is 488 g/mol. The molecule has 1 amide bonds. The summed E-state index contributed by atoms with van der Waals surface area (Å²) in [6.07, 6.45) is 1.81. The first-order valence-corrected chi connectivity index (χ1v) is 11.1. The summed E-state index contributed by atoms with van der Waals surface area (Å²) in [4.78, 5) is 17.2. The Labute approximate surface area is 198 Å². The SMILES string of the molecule is O=C1NC(=Nc2ccc(Cl)c(Cl)c2)SC1=Cc1ccc(OCc2ccc(Cl)cc2)cc1. The molecular formula is C23H15Cl3N2O2S. The molecule has 3 aromatic carbocycles. The van der Waals surface area contributed by atoms with E-state index in [0.717, 1.165) is 16.9 Å². The highest BCUT2D eigenvalue weighted by atomic mass is 35.5. The maximum Gasteiger partial charge on any atom is 0.264 e. The van der Waals surface area contributed by atoms with Crippen molar-refractivity contribution in [1.82, 2.24) is 5.32 Å². The van der Waals surface area contributed by atoms with Gasteiger partial charge in [-0.2, -0.15) is 0 Å². The van der Waals surface area contributed by atoms with Gasteiger partial charge in [-0.3, -0.25) is 4.79 Å².